The molecule has 0 amide bonds. The number of nitro groups is 1. The number of aromatic nitrogens is 2. The van der Waals surface area contributed by atoms with Gasteiger partial charge in [-0.2, -0.15) is 4.68 Å². The maximum absolute atomic E-state index is 10.7. The number of rotatable bonds is 4. The van der Waals surface area contributed by atoms with Gasteiger partial charge >= 0.3 is 11.8 Å². The molecule has 0 saturated heterocycles. The fourth-order valence-electron chi connectivity index (χ4n) is 1.53. The third kappa shape index (κ3) is 2.89. The molecule has 98 valence electrons. The normalized spacial score (nSPS) is 10.4. The zero-order valence-corrected chi connectivity index (χ0v) is 10.2. The second-order valence-electron chi connectivity index (χ2n) is 3.76. The highest BCUT2D eigenvalue weighted by molar-refractivity contribution is 6.32. The molecule has 0 aliphatic carbocycles. The summed E-state index contributed by atoms with van der Waals surface area (Å²) in [6.45, 7) is 0.271. The topological polar surface area (TPSA) is 98.3 Å². The smallest absolute Gasteiger partial charge is 0.408 e. The van der Waals surface area contributed by atoms with Crippen LogP contribution in [0.25, 0.3) is 0 Å². The average molecular weight is 282 g/mol. The second-order valence-corrected chi connectivity index (χ2v) is 4.16. The van der Waals surface area contributed by atoms with E-state index in [9.17, 15) is 14.9 Å². The van der Waals surface area contributed by atoms with Gasteiger partial charge in [-0.15, -0.1) is 0 Å². The molecule has 0 fully saturated rings. The summed E-state index contributed by atoms with van der Waals surface area (Å²) in [6, 6.07) is 6.14. The van der Waals surface area contributed by atoms with E-state index in [0.29, 0.717) is 0 Å². The Morgan fingerprint density at radius 2 is 2.05 bits per heavy atom. The number of aromatic carboxylic acids is 1. The van der Waals surface area contributed by atoms with E-state index >= 15 is 0 Å². The van der Waals surface area contributed by atoms with Crippen LogP contribution in [-0.2, 0) is 6.54 Å². The molecule has 0 saturated carbocycles. The highest BCUT2D eigenvalue weighted by atomic mass is 35.5. The standard InChI is InChI=1S/C11H8ClN3O4/c12-9-6-14(13-10(9)15(18)19)5-7-1-3-8(4-2-7)11(16)17/h1-4,6H,5H2,(H,16,17). The molecular weight excluding hydrogens is 274 g/mol. The molecule has 0 spiro atoms. The summed E-state index contributed by atoms with van der Waals surface area (Å²) in [7, 11) is 0. The zero-order valence-electron chi connectivity index (χ0n) is 9.49. The Hall–Kier alpha value is -2.41. The van der Waals surface area contributed by atoms with Crippen LogP contribution in [0.1, 0.15) is 15.9 Å². The molecule has 0 aliphatic heterocycles. The van der Waals surface area contributed by atoms with Gasteiger partial charge in [-0.25, -0.2) is 4.79 Å². The van der Waals surface area contributed by atoms with Crippen molar-refractivity contribution in [3.8, 4) is 0 Å². The van der Waals surface area contributed by atoms with Crippen LogP contribution in [0.2, 0.25) is 5.02 Å². The van der Waals surface area contributed by atoms with Gasteiger partial charge in [0, 0.05) is 0 Å². The minimum Gasteiger partial charge on any atom is -0.478 e. The van der Waals surface area contributed by atoms with E-state index in [1.54, 1.807) is 12.1 Å². The van der Waals surface area contributed by atoms with Gasteiger partial charge in [0.05, 0.1) is 23.4 Å². The van der Waals surface area contributed by atoms with E-state index in [1.807, 2.05) is 0 Å². The molecule has 1 aromatic heterocycles. The Morgan fingerprint density at radius 3 is 2.53 bits per heavy atom. The Balaban J connectivity index is 2.19. The molecule has 8 heteroatoms. The number of nitrogens with zero attached hydrogens (tertiary/aromatic N) is 3. The largest absolute Gasteiger partial charge is 0.478 e. The van der Waals surface area contributed by atoms with Crippen molar-refractivity contribution in [2.24, 2.45) is 0 Å². The lowest BCUT2D eigenvalue weighted by molar-refractivity contribution is -0.389. The van der Waals surface area contributed by atoms with Crippen molar-refractivity contribution in [1.29, 1.82) is 0 Å². The molecular formula is C11H8ClN3O4. The lowest BCUT2D eigenvalue weighted by Crippen LogP contribution is -2.02. The Labute approximate surface area is 112 Å². The van der Waals surface area contributed by atoms with E-state index in [-0.39, 0.29) is 17.1 Å². The molecule has 0 radical (unpaired) electrons. The van der Waals surface area contributed by atoms with Gasteiger partial charge in [-0.1, -0.05) is 23.7 Å². The van der Waals surface area contributed by atoms with Gasteiger partial charge in [0.15, 0.2) is 5.02 Å². The summed E-state index contributed by atoms with van der Waals surface area (Å²) in [6.07, 6.45) is 1.35. The first-order valence-electron chi connectivity index (χ1n) is 5.17. The highest BCUT2D eigenvalue weighted by Crippen LogP contribution is 2.21. The zero-order chi connectivity index (χ0) is 14.0. The Kier molecular flexibility index (Phi) is 3.48. The van der Waals surface area contributed by atoms with E-state index in [2.05, 4.69) is 5.10 Å². The molecule has 0 bridgehead atoms. The third-order valence-corrected chi connectivity index (χ3v) is 2.68. The van der Waals surface area contributed by atoms with Gasteiger partial charge in [0.25, 0.3) is 0 Å². The third-order valence-electron chi connectivity index (χ3n) is 2.42. The summed E-state index contributed by atoms with van der Waals surface area (Å²) in [5.74, 6) is -1.41. The number of halogens is 1. The summed E-state index contributed by atoms with van der Waals surface area (Å²) in [4.78, 5) is 20.6. The lowest BCUT2D eigenvalue weighted by atomic mass is 10.1. The number of carboxylic acid groups (broad SMARTS) is 1. The summed E-state index contributed by atoms with van der Waals surface area (Å²) in [5, 5.41) is 23.0. The molecule has 0 aliphatic rings. The number of benzene rings is 1. The minimum absolute atomic E-state index is 0.0350. The van der Waals surface area contributed by atoms with Crippen molar-refractivity contribution in [1.82, 2.24) is 9.78 Å². The average Bonchev–Trinajstić information content (AvgIpc) is 2.71. The van der Waals surface area contributed by atoms with Gasteiger partial charge in [0.1, 0.15) is 0 Å². The van der Waals surface area contributed by atoms with Crippen LogP contribution in [-0.4, -0.2) is 25.8 Å². The molecule has 0 unspecified atom stereocenters. The quantitative estimate of drug-likeness (QED) is 0.684. The molecule has 2 rings (SSSR count). The first-order valence-corrected chi connectivity index (χ1v) is 5.55. The fourth-order valence-corrected chi connectivity index (χ4v) is 1.75. The first-order chi connectivity index (χ1) is 8.97. The molecule has 1 heterocycles. The van der Waals surface area contributed by atoms with Crippen LogP contribution >= 0.6 is 11.6 Å². The summed E-state index contributed by atoms with van der Waals surface area (Å²) < 4.78 is 1.33. The van der Waals surface area contributed by atoms with Crippen LogP contribution < -0.4 is 0 Å². The predicted octanol–water partition coefficient (Wildman–Crippen LogP) is 2.19. The van der Waals surface area contributed by atoms with Crippen molar-refractivity contribution in [3.05, 3.63) is 56.7 Å². The Bertz CT molecular complexity index is 636. The van der Waals surface area contributed by atoms with Gasteiger partial charge < -0.3 is 15.2 Å². The van der Waals surface area contributed by atoms with Crippen molar-refractivity contribution in [2.45, 2.75) is 6.54 Å². The molecule has 19 heavy (non-hydrogen) atoms. The molecule has 0 atom stereocenters. The highest BCUT2D eigenvalue weighted by Gasteiger charge is 2.18. The predicted molar refractivity (Wildman–Crippen MR) is 66.4 cm³/mol. The fraction of sp³-hybridized carbons (Fsp3) is 0.0909. The van der Waals surface area contributed by atoms with E-state index in [4.69, 9.17) is 16.7 Å². The van der Waals surface area contributed by atoms with Crippen molar-refractivity contribution in [2.75, 3.05) is 0 Å². The second kappa shape index (κ2) is 5.07. The van der Waals surface area contributed by atoms with Crippen molar-refractivity contribution in [3.63, 3.8) is 0 Å². The number of carbonyl (C=O) groups is 1. The molecule has 2 aromatic rings. The van der Waals surface area contributed by atoms with E-state index in [1.165, 1.54) is 23.0 Å². The van der Waals surface area contributed by atoms with Crippen LogP contribution in [0.5, 0.6) is 0 Å². The van der Waals surface area contributed by atoms with Crippen LogP contribution in [0, 0.1) is 10.1 Å². The number of hydrogen-bond acceptors (Lipinski definition) is 4. The van der Waals surface area contributed by atoms with Crippen molar-refractivity contribution < 1.29 is 14.8 Å². The minimum atomic E-state index is -1.01. The molecule has 7 nitrogen and oxygen atoms in total. The summed E-state index contributed by atoms with van der Waals surface area (Å²) >= 11 is 5.67. The Morgan fingerprint density at radius 1 is 1.42 bits per heavy atom. The van der Waals surface area contributed by atoms with E-state index in [0.717, 1.165) is 5.56 Å². The number of hydrogen-bond donors (Lipinski definition) is 1. The van der Waals surface area contributed by atoms with Gasteiger partial charge in [-0.05, 0) is 22.6 Å². The maximum atomic E-state index is 10.7. The molecule has 1 N–H and O–H groups in total. The van der Waals surface area contributed by atoms with Crippen LogP contribution in [0.15, 0.2) is 30.5 Å². The lowest BCUT2D eigenvalue weighted by Gasteiger charge is -1.99. The number of carboxylic acids is 1. The van der Waals surface area contributed by atoms with Gasteiger partial charge in [0.2, 0.25) is 0 Å². The maximum Gasteiger partial charge on any atom is 0.408 e. The van der Waals surface area contributed by atoms with Gasteiger partial charge in [-0.3, -0.25) is 0 Å². The first kappa shape index (κ1) is 13.0. The van der Waals surface area contributed by atoms with Crippen LogP contribution in [0.3, 0.4) is 0 Å². The van der Waals surface area contributed by atoms with E-state index < -0.39 is 16.7 Å². The summed E-state index contributed by atoms with van der Waals surface area (Å²) in [5.41, 5.74) is 0.937. The van der Waals surface area contributed by atoms with Crippen LogP contribution in [0.4, 0.5) is 5.82 Å². The molecule has 1 aromatic carbocycles. The monoisotopic (exact) mass is 281 g/mol. The van der Waals surface area contributed by atoms with Crippen molar-refractivity contribution >= 4 is 23.4 Å². The SMILES string of the molecule is O=C(O)c1ccc(Cn2cc(Cl)c([N+](=O)[O-])n2)cc1.